The predicted molar refractivity (Wildman–Crippen MR) is 68.1 cm³/mol. The normalized spacial score (nSPS) is 21.4. The highest BCUT2D eigenvalue weighted by molar-refractivity contribution is 5.29. The lowest BCUT2D eigenvalue weighted by atomic mass is 10.0. The second-order valence-corrected chi connectivity index (χ2v) is 4.48. The van der Waals surface area contributed by atoms with Crippen LogP contribution < -0.4 is 10.5 Å². The van der Waals surface area contributed by atoms with Crippen LogP contribution in [0.15, 0.2) is 24.3 Å². The van der Waals surface area contributed by atoms with E-state index in [4.69, 9.17) is 15.2 Å². The molecule has 1 aromatic carbocycles. The Morgan fingerprint density at radius 3 is 2.76 bits per heavy atom. The van der Waals surface area contributed by atoms with E-state index >= 15 is 0 Å². The monoisotopic (exact) mass is 235 g/mol. The van der Waals surface area contributed by atoms with E-state index in [0.717, 1.165) is 30.8 Å². The summed E-state index contributed by atoms with van der Waals surface area (Å²) in [7, 11) is 0. The highest BCUT2D eigenvalue weighted by Crippen LogP contribution is 2.24. The SMILES string of the molecule is CCOc1ccc(C(N)CC2CCCO2)cc1. The standard InChI is InChI=1S/C14H21NO2/c1-2-16-12-7-5-11(6-8-12)14(15)10-13-4-3-9-17-13/h5-8,13-14H,2-4,9-10,15H2,1H3. The van der Waals surface area contributed by atoms with Gasteiger partial charge in [0.1, 0.15) is 5.75 Å². The first kappa shape index (κ1) is 12.4. The maximum absolute atomic E-state index is 6.18. The maximum Gasteiger partial charge on any atom is 0.119 e. The van der Waals surface area contributed by atoms with Gasteiger partial charge in [0, 0.05) is 12.6 Å². The van der Waals surface area contributed by atoms with Crippen LogP contribution in [0.4, 0.5) is 0 Å². The molecule has 3 heteroatoms. The molecule has 2 rings (SSSR count). The number of rotatable bonds is 5. The molecule has 2 unspecified atom stereocenters. The van der Waals surface area contributed by atoms with Crippen molar-refractivity contribution in [3.05, 3.63) is 29.8 Å². The minimum Gasteiger partial charge on any atom is -0.494 e. The van der Waals surface area contributed by atoms with Gasteiger partial charge in [-0.3, -0.25) is 0 Å². The quantitative estimate of drug-likeness (QED) is 0.853. The van der Waals surface area contributed by atoms with Crippen molar-refractivity contribution in [2.45, 2.75) is 38.3 Å². The minimum absolute atomic E-state index is 0.0637. The average molecular weight is 235 g/mol. The molecule has 94 valence electrons. The summed E-state index contributed by atoms with van der Waals surface area (Å²) in [5, 5.41) is 0. The summed E-state index contributed by atoms with van der Waals surface area (Å²) >= 11 is 0. The molecule has 1 aliphatic rings. The Kier molecular flexibility index (Phi) is 4.40. The molecule has 1 aliphatic heterocycles. The maximum atomic E-state index is 6.18. The molecule has 0 spiro atoms. The number of benzene rings is 1. The molecule has 1 heterocycles. The van der Waals surface area contributed by atoms with Gasteiger partial charge in [0.05, 0.1) is 12.7 Å². The zero-order valence-corrected chi connectivity index (χ0v) is 10.4. The van der Waals surface area contributed by atoms with E-state index < -0.39 is 0 Å². The number of hydrogen-bond acceptors (Lipinski definition) is 3. The lowest BCUT2D eigenvalue weighted by Crippen LogP contribution is -2.18. The molecule has 0 aliphatic carbocycles. The summed E-state index contributed by atoms with van der Waals surface area (Å²) in [5.74, 6) is 0.903. The van der Waals surface area contributed by atoms with Crippen LogP contribution in [0.3, 0.4) is 0 Å². The van der Waals surface area contributed by atoms with Gasteiger partial charge in [-0.1, -0.05) is 12.1 Å². The molecule has 17 heavy (non-hydrogen) atoms. The molecule has 1 aromatic rings. The van der Waals surface area contributed by atoms with Crippen LogP contribution in [0, 0.1) is 0 Å². The van der Waals surface area contributed by atoms with Gasteiger partial charge in [0.25, 0.3) is 0 Å². The van der Waals surface area contributed by atoms with Gasteiger partial charge in [-0.2, -0.15) is 0 Å². The molecule has 3 nitrogen and oxygen atoms in total. The Labute approximate surface area is 103 Å². The number of hydrogen-bond donors (Lipinski definition) is 1. The van der Waals surface area contributed by atoms with E-state index in [1.807, 2.05) is 31.2 Å². The Balaban J connectivity index is 1.91. The van der Waals surface area contributed by atoms with Crippen LogP contribution in [-0.4, -0.2) is 19.3 Å². The number of ether oxygens (including phenoxy) is 2. The van der Waals surface area contributed by atoms with Gasteiger partial charge in [-0.05, 0) is 43.9 Å². The van der Waals surface area contributed by atoms with Crippen molar-refractivity contribution in [1.29, 1.82) is 0 Å². The van der Waals surface area contributed by atoms with Gasteiger partial charge in [0.2, 0.25) is 0 Å². The van der Waals surface area contributed by atoms with Crippen LogP contribution in [0.2, 0.25) is 0 Å². The molecular formula is C14H21NO2. The van der Waals surface area contributed by atoms with Gasteiger partial charge in [-0.15, -0.1) is 0 Å². The molecule has 2 atom stereocenters. The third-order valence-electron chi connectivity index (χ3n) is 3.16. The summed E-state index contributed by atoms with van der Waals surface area (Å²) in [4.78, 5) is 0. The van der Waals surface area contributed by atoms with Crippen molar-refractivity contribution in [2.75, 3.05) is 13.2 Å². The summed E-state index contributed by atoms with van der Waals surface area (Å²) in [6.45, 7) is 3.57. The molecule has 0 radical (unpaired) electrons. The van der Waals surface area contributed by atoms with Crippen LogP contribution in [0.25, 0.3) is 0 Å². The van der Waals surface area contributed by atoms with E-state index in [0.29, 0.717) is 12.7 Å². The Morgan fingerprint density at radius 2 is 2.18 bits per heavy atom. The topological polar surface area (TPSA) is 44.5 Å². The van der Waals surface area contributed by atoms with Crippen molar-refractivity contribution in [1.82, 2.24) is 0 Å². The van der Waals surface area contributed by atoms with E-state index in [9.17, 15) is 0 Å². The fraction of sp³-hybridized carbons (Fsp3) is 0.571. The summed E-state index contributed by atoms with van der Waals surface area (Å²) in [6, 6.07) is 8.12. The van der Waals surface area contributed by atoms with E-state index in [2.05, 4.69) is 0 Å². The first-order valence-corrected chi connectivity index (χ1v) is 6.39. The molecule has 0 aromatic heterocycles. The van der Waals surface area contributed by atoms with E-state index in [1.165, 1.54) is 6.42 Å². The van der Waals surface area contributed by atoms with Crippen LogP contribution in [-0.2, 0) is 4.74 Å². The smallest absolute Gasteiger partial charge is 0.119 e. The highest BCUT2D eigenvalue weighted by atomic mass is 16.5. The van der Waals surface area contributed by atoms with E-state index in [1.54, 1.807) is 0 Å². The van der Waals surface area contributed by atoms with Gasteiger partial charge in [-0.25, -0.2) is 0 Å². The fourth-order valence-electron chi connectivity index (χ4n) is 2.23. The lowest BCUT2D eigenvalue weighted by Gasteiger charge is -2.16. The summed E-state index contributed by atoms with van der Waals surface area (Å²) < 4.78 is 11.0. The minimum atomic E-state index is 0.0637. The molecular weight excluding hydrogens is 214 g/mol. The van der Waals surface area contributed by atoms with Gasteiger partial charge in [0.15, 0.2) is 0 Å². The predicted octanol–water partition coefficient (Wildman–Crippen LogP) is 2.65. The summed E-state index contributed by atoms with van der Waals surface area (Å²) in [6.07, 6.45) is 3.57. The third kappa shape index (κ3) is 3.45. The Hall–Kier alpha value is -1.06. The van der Waals surface area contributed by atoms with Crippen molar-refractivity contribution >= 4 is 0 Å². The van der Waals surface area contributed by atoms with Crippen LogP contribution in [0.5, 0.6) is 5.75 Å². The molecule has 1 saturated heterocycles. The average Bonchev–Trinajstić information content (AvgIpc) is 2.83. The van der Waals surface area contributed by atoms with Crippen LogP contribution in [0.1, 0.15) is 37.8 Å². The largest absolute Gasteiger partial charge is 0.494 e. The van der Waals surface area contributed by atoms with Crippen LogP contribution >= 0.6 is 0 Å². The molecule has 1 fully saturated rings. The van der Waals surface area contributed by atoms with Crippen molar-refractivity contribution in [2.24, 2.45) is 5.73 Å². The first-order chi connectivity index (χ1) is 8.29. The number of nitrogens with two attached hydrogens (primary N) is 1. The second kappa shape index (κ2) is 6.03. The molecule has 0 amide bonds. The summed E-state index contributed by atoms with van der Waals surface area (Å²) in [5.41, 5.74) is 7.33. The molecule has 0 saturated carbocycles. The zero-order valence-electron chi connectivity index (χ0n) is 10.4. The zero-order chi connectivity index (χ0) is 12.1. The van der Waals surface area contributed by atoms with E-state index in [-0.39, 0.29) is 6.04 Å². The highest BCUT2D eigenvalue weighted by Gasteiger charge is 2.19. The van der Waals surface area contributed by atoms with Crippen molar-refractivity contribution in [3.8, 4) is 5.75 Å². The third-order valence-corrected chi connectivity index (χ3v) is 3.16. The van der Waals surface area contributed by atoms with Gasteiger partial charge < -0.3 is 15.2 Å². The Bertz CT molecular complexity index is 331. The first-order valence-electron chi connectivity index (χ1n) is 6.39. The molecule has 2 N–H and O–H groups in total. The van der Waals surface area contributed by atoms with Crippen molar-refractivity contribution < 1.29 is 9.47 Å². The molecule has 0 bridgehead atoms. The van der Waals surface area contributed by atoms with Gasteiger partial charge >= 0.3 is 0 Å². The Morgan fingerprint density at radius 1 is 1.41 bits per heavy atom. The van der Waals surface area contributed by atoms with Crippen molar-refractivity contribution in [3.63, 3.8) is 0 Å². The fourth-order valence-corrected chi connectivity index (χ4v) is 2.23. The second-order valence-electron chi connectivity index (χ2n) is 4.48. The lowest BCUT2D eigenvalue weighted by molar-refractivity contribution is 0.0983.